The number of hydrogen-bond donors (Lipinski definition) is 1. The van der Waals surface area contributed by atoms with Crippen LogP contribution in [-0.4, -0.2) is 6.54 Å². The van der Waals surface area contributed by atoms with E-state index in [1.165, 1.54) is 12.8 Å². The zero-order valence-corrected chi connectivity index (χ0v) is 6.20. The largest absolute Gasteiger partial charge is 0.330 e. The molecule has 0 aromatic carbocycles. The Morgan fingerprint density at radius 2 is 1.62 bits per heavy atom. The lowest BCUT2D eigenvalue weighted by molar-refractivity contribution is 0.310. The van der Waals surface area contributed by atoms with Crippen LogP contribution in [0, 0.1) is 5.41 Å². The Bertz CT molecular complexity index is 47.1. The molecular weight excluding hydrogens is 98.1 g/mol. The Labute approximate surface area is 52.3 Å². The lowest BCUT2D eigenvalue weighted by Crippen LogP contribution is -2.25. The van der Waals surface area contributed by atoms with Crippen LogP contribution in [0.1, 0.15) is 33.6 Å². The molecule has 0 saturated carbocycles. The lowest BCUT2D eigenvalue weighted by Gasteiger charge is -2.23. The van der Waals surface area contributed by atoms with Crippen molar-refractivity contribution in [1.29, 1.82) is 0 Å². The van der Waals surface area contributed by atoms with Gasteiger partial charge in [0.05, 0.1) is 0 Å². The Kier molecular flexibility index (Phi) is 3.06. The molecule has 50 valence electrons. The van der Waals surface area contributed by atoms with Gasteiger partial charge in [0.25, 0.3) is 0 Å². The van der Waals surface area contributed by atoms with Crippen molar-refractivity contribution in [2.75, 3.05) is 6.54 Å². The Hall–Kier alpha value is -0.0400. The predicted octanol–water partition coefficient (Wildman–Crippen LogP) is 1.77. The Balaban J connectivity index is 3.58. The van der Waals surface area contributed by atoms with E-state index in [1.54, 1.807) is 0 Å². The standard InChI is InChI=1S/C7H17N/c1-4-7(3,5-2)6-8/h4-6,8H2,1-3H3. The third kappa shape index (κ3) is 1.83. The minimum atomic E-state index is 0.403. The summed E-state index contributed by atoms with van der Waals surface area (Å²) >= 11 is 0. The van der Waals surface area contributed by atoms with Gasteiger partial charge in [-0.05, 0) is 24.8 Å². The van der Waals surface area contributed by atoms with E-state index in [0.717, 1.165) is 6.54 Å². The third-order valence-electron chi connectivity index (χ3n) is 2.20. The highest BCUT2D eigenvalue weighted by Crippen LogP contribution is 2.22. The first-order valence-corrected chi connectivity index (χ1v) is 3.38. The van der Waals surface area contributed by atoms with Crippen LogP contribution in [0.4, 0.5) is 0 Å². The van der Waals surface area contributed by atoms with Crippen molar-refractivity contribution in [3.63, 3.8) is 0 Å². The molecule has 0 aromatic heterocycles. The van der Waals surface area contributed by atoms with Gasteiger partial charge in [0.1, 0.15) is 0 Å². The van der Waals surface area contributed by atoms with Gasteiger partial charge in [-0.15, -0.1) is 0 Å². The summed E-state index contributed by atoms with van der Waals surface area (Å²) in [5, 5.41) is 0. The molecule has 1 nitrogen and oxygen atoms in total. The third-order valence-corrected chi connectivity index (χ3v) is 2.20. The van der Waals surface area contributed by atoms with Gasteiger partial charge in [0.2, 0.25) is 0 Å². The second-order valence-electron chi connectivity index (χ2n) is 2.72. The molecule has 0 aliphatic heterocycles. The van der Waals surface area contributed by atoms with Crippen LogP contribution >= 0.6 is 0 Å². The zero-order chi connectivity index (χ0) is 6.62. The van der Waals surface area contributed by atoms with Crippen LogP contribution in [0.15, 0.2) is 0 Å². The monoisotopic (exact) mass is 115 g/mol. The van der Waals surface area contributed by atoms with Gasteiger partial charge >= 0.3 is 0 Å². The van der Waals surface area contributed by atoms with Crippen molar-refractivity contribution in [3.8, 4) is 0 Å². The van der Waals surface area contributed by atoms with Crippen LogP contribution in [0.25, 0.3) is 0 Å². The molecule has 0 spiro atoms. The van der Waals surface area contributed by atoms with E-state index in [0.29, 0.717) is 5.41 Å². The second kappa shape index (κ2) is 3.08. The molecule has 0 fully saturated rings. The van der Waals surface area contributed by atoms with Gasteiger partial charge in [-0.1, -0.05) is 20.8 Å². The molecule has 2 N–H and O–H groups in total. The molecule has 0 rings (SSSR count). The van der Waals surface area contributed by atoms with Gasteiger partial charge in [-0.3, -0.25) is 0 Å². The minimum Gasteiger partial charge on any atom is -0.330 e. The first-order chi connectivity index (χ1) is 3.68. The molecule has 1 heteroatoms. The molecule has 0 heterocycles. The van der Waals surface area contributed by atoms with Crippen LogP contribution in [0.3, 0.4) is 0 Å². The summed E-state index contributed by atoms with van der Waals surface area (Å²) in [5.74, 6) is 0. The smallest absolute Gasteiger partial charge is 0.00234 e. The average Bonchev–Trinajstić information content (AvgIpc) is 1.87. The first kappa shape index (κ1) is 7.96. The van der Waals surface area contributed by atoms with Crippen molar-refractivity contribution in [3.05, 3.63) is 0 Å². The normalized spacial score (nSPS) is 12.0. The van der Waals surface area contributed by atoms with Crippen molar-refractivity contribution in [2.45, 2.75) is 33.6 Å². The van der Waals surface area contributed by atoms with E-state index < -0.39 is 0 Å². The van der Waals surface area contributed by atoms with E-state index in [2.05, 4.69) is 20.8 Å². The van der Waals surface area contributed by atoms with E-state index >= 15 is 0 Å². The summed E-state index contributed by atoms with van der Waals surface area (Å²) in [4.78, 5) is 0. The number of nitrogens with two attached hydrogens (primary N) is 1. The summed E-state index contributed by atoms with van der Waals surface area (Å²) in [6.07, 6.45) is 2.39. The summed E-state index contributed by atoms with van der Waals surface area (Å²) in [6.45, 7) is 7.43. The maximum Gasteiger partial charge on any atom is -0.00234 e. The van der Waals surface area contributed by atoms with Gasteiger partial charge in [-0.2, -0.15) is 0 Å². The summed E-state index contributed by atoms with van der Waals surface area (Å²) < 4.78 is 0. The molecule has 0 radical (unpaired) electrons. The van der Waals surface area contributed by atoms with Crippen molar-refractivity contribution >= 4 is 0 Å². The van der Waals surface area contributed by atoms with E-state index in [-0.39, 0.29) is 0 Å². The first-order valence-electron chi connectivity index (χ1n) is 3.38. The van der Waals surface area contributed by atoms with Crippen molar-refractivity contribution < 1.29 is 0 Å². The maximum absolute atomic E-state index is 5.53. The minimum absolute atomic E-state index is 0.403. The Morgan fingerprint density at radius 1 is 1.25 bits per heavy atom. The highest BCUT2D eigenvalue weighted by molar-refractivity contribution is 4.70. The van der Waals surface area contributed by atoms with Crippen molar-refractivity contribution in [2.24, 2.45) is 11.1 Å². The fourth-order valence-corrected chi connectivity index (χ4v) is 0.539. The predicted molar refractivity (Wildman–Crippen MR) is 37.7 cm³/mol. The molecule has 8 heavy (non-hydrogen) atoms. The topological polar surface area (TPSA) is 26.0 Å². The SMILES string of the molecule is CCC(C)(CC)CN. The number of rotatable bonds is 3. The van der Waals surface area contributed by atoms with Crippen LogP contribution in [-0.2, 0) is 0 Å². The van der Waals surface area contributed by atoms with Gasteiger partial charge in [0, 0.05) is 0 Å². The molecule has 0 aliphatic rings. The Morgan fingerprint density at radius 3 is 1.62 bits per heavy atom. The molecule has 0 atom stereocenters. The quantitative estimate of drug-likeness (QED) is 0.596. The van der Waals surface area contributed by atoms with Crippen LogP contribution in [0.2, 0.25) is 0 Å². The average molecular weight is 115 g/mol. The highest BCUT2D eigenvalue weighted by Gasteiger charge is 2.15. The van der Waals surface area contributed by atoms with E-state index in [4.69, 9.17) is 5.73 Å². The molecule has 0 amide bonds. The highest BCUT2D eigenvalue weighted by atomic mass is 14.6. The fraction of sp³-hybridized carbons (Fsp3) is 1.00. The summed E-state index contributed by atoms with van der Waals surface area (Å²) in [6, 6.07) is 0. The molecule has 0 bridgehead atoms. The van der Waals surface area contributed by atoms with E-state index in [1.807, 2.05) is 0 Å². The molecular formula is C7H17N. The zero-order valence-electron chi connectivity index (χ0n) is 6.20. The van der Waals surface area contributed by atoms with Crippen molar-refractivity contribution in [1.82, 2.24) is 0 Å². The summed E-state index contributed by atoms with van der Waals surface area (Å²) in [5.41, 5.74) is 5.93. The molecule has 0 saturated heterocycles. The van der Waals surface area contributed by atoms with Crippen LogP contribution in [0.5, 0.6) is 0 Å². The maximum atomic E-state index is 5.53. The van der Waals surface area contributed by atoms with Gasteiger partial charge < -0.3 is 5.73 Å². The second-order valence-corrected chi connectivity index (χ2v) is 2.72. The molecule has 0 aromatic rings. The lowest BCUT2D eigenvalue weighted by atomic mass is 9.85. The molecule has 0 unspecified atom stereocenters. The summed E-state index contributed by atoms with van der Waals surface area (Å²) in [7, 11) is 0. The number of hydrogen-bond acceptors (Lipinski definition) is 1. The van der Waals surface area contributed by atoms with Gasteiger partial charge in [-0.25, -0.2) is 0 Å². The van der Waals surface area contributed by atoms with E-state index in [9.17, 15) is 0 Å². The molecule has 0 aliphatic carbocycles. The van der Waals surface area contributed by atoms with Crippen LogP contribution < -0.4 is 5.73 Å². The van der Waals surface area contributed by atoms with Gasteiger partial charge in [0.15, 0.2) is 0 Å². The fourth-order valence-electron chi connectivity index (χ4n) is 0.539.